The minimum absolute atomic E-state index is 0.0596. The van der Waals surface area contributed by atoms with Crippen molar-refractivity contribution in [3.8, 4) is 6.01 Å². The zero-order chi connectivity index (χ0) is 21.3. The van der Waals surface area contributed by atoms with Crippen LogP contribution in [0.15, 0.2) is 30.3 Å². The van der Waals surface area contributed by atoms with Gasteiger partial charge in [-0.2, -0.15) is 15.0 Å². The number of ether oxygens (including phenoxy) is 4. The van der Waals surface area contributed by atoms with E-state index in [1.807, 2.05) is 28.0 Å². The standard InChI is InChI=1S/C20H26N6O5/c27-20(21-16-4-2-1-3-5-16)31-15-14-30-19-23-17(25-6-10-28-11-7-25)22-18(24-19)26-8-12-29-13-9-26/h1-5H,6-15H2,(H,21,27). The fraction of sp³-hybridized carbons (Fsp3) is 0.500. The van der Waals surface area contributed by atoms with Gasteiger partial charge in [0.1, 0.15) is 13.2 Å². The smallest absolute Gasteiger partial charge is 0.411 e. The Labute approximate surface area is 180 Å². The van der Waals surface area contributed by atoms with Gasteiger partial charge in [-0.05, 0) is 12.1 Å². The minimum atomic E-state index is -0.548. The predicted molar refractivity (Wildman–Crippen MR) is 113 cm³/mol. The van der Waals surface area contributed by atoms with E-state index in [2.05, 4.69) is 20.3 Å². The molecular formula is C20H26N6O5. The van der Waals surface area contributed by atoms with E-state index in [0.717, 1.165) is 0 Å². The van der Waals surface area contributed by atoms with Crippen molar-refractivity contribution in [1.29, 1.82) is 0 Å². The number of nitrogens with one attached hydrogen (secondary N) is 1. The van der Waals surface area contributed by atoms with Crippen LogP contribution < -0.4 is 19.9 Å². The van der Waals surface area contributed by atoms with Gasteiger partial charge < -0.3 is 28.7 Å². The highest BCUT2D eigenvalue weighted by atomic mass is 16.6. The number of hydrogen-bond acceptors (Lipinski definition) is 10. The summed E-state index contributed by atoms with van der Waals surface area (Å²) in [4.78, 5) is 29.5. The number of benzene rings is 1. The molecule has 11 nitrogen and oxygen atoms in total. The third-order valence-corrected chi connectivity index (χ3v) is 4.75. The predicted octanol–water partition coefficient (Wildman–Crippen LogP) is 1.17. The number of amides is 1. The van der Waals surface area contributed by atoms with Crippen LogP contribution in [0.25, 0.3) is 0 Å². The molecule has 11 heteroatoms. The topological polar surface area (TPSA) is 111 Å². The Hall–Kier alpha value is -3.18. The molecule has 3 heterocycles. The van der Waals surface area contributed by atoms with Crippen LogP contribution in [-0.2, 0) is 14.2 Å². The van der Waals surface area contributed by atoms with Crippen LogP contribution in [0.2, 0.25) is 0 Å². The second kappa shape index (κ2) is 10.7. The molecule has 2 saturated heterocycles. The number of morpholine rings is 2. The van der Waals surface area contributed by atoms with Gasteiger partial charge in [-0.1, -0.05) is 18.2 Å². The van der Waals surface area contributed by atoms with Crippen molar-refractivity contribution in [2.45, 2.75) is 0 Å². The Balaban J connectivity index is 1.35. The second-order valence-electron chi connectivity index (χ2n) is 6.89. The average Bonchev–Trinajstić information content (AvgIpc) is 2.83. The number of carbonyl (C=O) groups is 1. The lowest BCUT2D eigenvalue weighted by atomic mass is 10.3. The maximum atomic E-state index is 11.9. The molecule has 2 aliphatic heterocycles. The largest absolute Gasteiger partial charge is 0.460 e. The van der Waals surface area contributed by atoms with Crippen molar-refractivity contribution < 1.29 is 23.7 Å². The minimum Gasteiger partial charge on any atom is -0.460 e. The molecule has 0 aliphatic carbocycles. The van der Waals surface area contributed by atoms with E-state index in [9.17, 15) is 4.79 Å². The summed E-state index contributed by atoms with van der Waals surface area (Å²) in [5.41, 5.74) is 0.663. The van der Waals surface area contributed by atoms with E-state index in [4.69, 9.17) is 18.9 Å². The van der Waals surface area contributed by atoms with Crippen LogP contribution in [0, 0.1) is 0 Å². The summed E-state index contributed by atoms with van der Waals surface area (Å²) in [6.45, 7) is 5.49. The monoisotopic (exact) mass is 430 g/mol. The van der Waals surface area contributed by atoms with E-state index < -0.39 is 6.09 Å². The molecule has 2 fully saturated rings. The first-order valence-corrected chi connectivity index (χ1v) is 10.3. The fourth-order valence-electron chi connectivity index (χ4n) is 3.15. The van der Waals surface area contributed by atoms with Crippen LogP contribution in [0.3, 0.4) is 0 Å². The number of carbonyl (C=O) groups excluding carboxylic acids is 1. The highest BCUT2D eigenvalue weighted by Gasteiger charge is 2.21. The fourth-order valence-corrected chi connectivity index (χ4v) is 3.15. The summed E-state index contributed by atoms with van der Waals surface area (Å²) in [5.74, 6) is 1.11. The van der Waals surface area contributed by atoms with Gasteiger partial charge in [0.2, 0.25) is 11.9 Å². The summed E-state index contributed by atoms with van der Waals surface area (Å²) in [7, 11) is 0. The Morgan fingerprint density at radius 2 is 1.45 bits per heavy atom. The van der Waals surface area contributed by atoms with Gasteiger partial charge in [0, 0.05) is 31.9 Å². The third-order valence-electron chi connectivity index (χ3n) is 4.75. The first kappa shape index (κ1) is 21.1. The molecule has 166 valence electrons. The number of hydrogen-bond donors (Lipinski definition) is 1. The SMILES string of the molecule is O=C(Nc1ccccc1)OCCOc1nc(N2CCOCC2)nc(N2CCOCC2)n1. The van der Waals surface area contributed by atoms with Crippen molar-refractivity contribution in [3.05, 3.63) is 30.3 Å². The summed E-state index contributed by atoms with van der Waals surface area (Å²) < 4.78 is 21.7. The van der Waals surface area contributed by atoms with Crippen molar-refractivity contribution in [2.24, 2.45) is 0 Å². The van der Waals surface area contributed by atoms with E-state index in [0.29, 0.717) is 70.2 Å². The molecule has 4 rings (SSSR count). The van der Waals surface area contributed by atoms with Gasteiger partial charge in [-0.15, -0.1) is 0 Å². The molecule has 2 aliphatic rings. The van der Waals surface area contributed by atoms with Crippen LogP contribution >= 0.6 is 0 Å². The molecule has 0 radical (unpaired) electrons. The molecule has 31 heavy (non-hydrogen) atoms. The molecule has 0 bridgehead atoms. The van der Waals surface area contributed by atoms with Crippen molar-refractivity contribution in [1.82, 2.24) is 15.0 Å². The van der Waals surface area contributed by atoms with Gasteiger partial charge >= 0.3 is 12.1 Å². The van der Waals surface area contributed by atoms with Crippen LogP contribution in [-0.4, -0.2) is 86.9 Å². The normalized spacial score (nSPS) is 16.6. The lowest BCUT2D eigenvalue weighted by molar-refractivity contribution is 0.120. The molecule has 0 unspecified atom stereocenters. The molecular weight excluding hydrogens is 404 g/mol. The van der Waals surface area contributed by atoms with Gasteiger partial charge in [0.15, 0.2) is 0 Å². The molecule has 1 amide bonds. The zero-order valence-corrected chi connectivity index (χ0v) is 17.2. The lowest BCUT2D eigenvalue weighted by Gasteiger charge is -2.30. The maximum Gasteiger partial charge on any atom is 0.411 e. The third kappa shape index (κ3) is 6.15. The van der Waals surface area contributed by atoms with Crippen molar-refractivity contribution in [3.63, 3.8) is 0 Å². The maximum absolute atomic E-state index is 11.9. The number of nitrogens with zero attached hydrogens (tertiary/aromatic N) is 5. The summed E-state index contributed by atoms with van der Waals surface area (Å²) >= 11 is 0. The molecule has 1 aromatic heterocycles. The van der Waals surface area contributed by atoms with Crippen LogP contribution in [0.5, 0.6) is 6.01 Å². The quantitative estimate of drug-likeness (QED) is 0.643. The molecule has 2 aromatic rings. The number of aromatic nitrogens is 3. The average molecular weight is 430 g/mol. The van der Waals surface area contributed by atoms with E-state index in [-0.39, 0.29) is 19.2 Å². The zero-order valence-electron chi connectivity index (χ0n) is 17.2. The summed E-state index contributed by atoms with van der Waals surface area (Å²) in [5, 5.41) is 2.65. The van der Waals surface area contributed by atoms with Crippen LogP contribution in [0.4, 0.5) is 22.4 Å². The first-order valence-electron chi connectivity index (χ1n) is 10.3. The van der Waals surface area contributed by atoms with Gasteiger partial charge in [0.25, 0.3) is 0 Å². The molecule has 0 atom stereocenters. The molecule has 1 N–H and O–H groups in total. The van der Waals surface area contributed by atoms with E-state index >= 15 is 0 Å². The second-order valence-corrected chi connectivity index (χ2v) is 6.89. The van der Waals surface area contributed by atoms with Crippen molar-refractivity contribution >= 4 is 23.7 Å². The summed E-state index contributed by atoms with van der Waals surface area (Å²) in [6.07, 6.45) is -0.548. The first-order chi connectivity index (χ1) is 15.3. The van der Waals surface area contributed by atoms with Gasteiger partial charge in [-0.25, -0.2) is 4.79 Å². The highest BCUT2D eigenvalue weighted by Crippen LogP contribution is 2.19. The van der Waals surface area contributed by atoms with Crippen LogP contribution in [0.1, 0.15) is 0 Å². The Bertz CT molecular complexity index is 807. The molecule has 0 saturated carbocycles. The molecule has 0 spiro atoms. The Morgan fingerprint density at radius 3 is 2.03 bits per heavy atom. The van der Waals surface area contributed by atoms with Gasteiger partial charge in [-0.3, -0.25) is 5.32 Å². The lowest BCUT2D eigenvalue weighted by Crippen LogP contribution is -2.40. The van der Waals surface area contributed by atoms with E-state index in [1.165, 1.54) is 0 Å². The van der Waals surface area contributed by atoms with E-state index in [1.54, 1.807) is 12.1 Å². The Kier molecular flexibility index (Phi) is 7.29. The molecule has 1 aromatic carbocycles. The Morgan fingerprint density at radius 1 is 0.871 bits per heavy atom. The van der Waals surface area contributed by atoms with Gasteiger partial charge in [0.05, 0.1) is 26.4 Å². The number of anilines is 3. The highest BCUT2D eigenvalue weighted by molar-refractivity contribution is 5.84. The summed E-state index contributed by atoms with van der Waals surface area (Å²) in [6, 6.07) is 9.29. The number of para-hydroxylation sites is 1. The number of rotatable bonds is 7. The van der Waals surface area contributed by atoms with Crippen molar-refractivity contribution in [2.75, 3.05) is 80.9 Å².